The van der Waals surface area contributed by atoms with Gasteiger partial charge in [0.05, 0.1) is 5.69 Å². The third-order valence-corrected chi connectivity index (χ3v) is 2.69. The van der Waals surface area contributed by atoms with E-state index in [1.807, 2.05) is 0 Å². The number of rotatable bonds is 5. The van der Waals surface area contributed by atoms with Gasteiger partial charge in [0.15, 0.2) is 6.29 Å². The molecule has 1 N–H and O–H groups in total. The van der Waals surface area contributed by atoms with Crippen LogP contribution in [0.1, 0.15) is 16.9 Å². The smallest absolute Gasteiger partial charge is 0.226 e. The summed E-state index contributed by atoms with van der Waals surface area (Å²) in [5.74, 6) is -0.530. The van der Waals surface area contributed by atoms with E-state index in [2.05, 4.69) is 5.32 Å². The number of carbonyl (C=O) groups is 2. The van der Waals surface area contributed by atoms with Gasteiger partial charge in [-0.3, -0.25) is 9.59 Å². The van der Waals surface area contributed by atoms with Gasteiger partial charge in [0, 0.05) is 24.8 Å². The highest BCUT2D eigenvalue weighted by molar-refractivity contribution is 5.90. The van der Waals surface area contributed by atoms with E-state index < -0.39 is 0 Å². The van der Waals surface area contributed by atoms with Crippen LogP contribution >= 0.6 is 0 Å². The van der Waals surface area contributed by atoms with Crippen molar-refractivity contribution in [3.8, 4) is 0 Å². The van der Waals surface area contributed by atoms with E-state index in [9.17, 15) is 14.0 Å². The second-order valence-electron chi connectivity index (χ2n) is 4.05. The molecule has 2 aromatic rings. The van der Waals surface area contributed by atoms with Gasteiger partial charge >= 0.3 is 0 Å². The molecule has 1 aromatic heterocycles. The van der Waals surface area contributed by atoms with Crippen LogP contribution in [0.5, 0.6) is 0 Å². The lowest BCUT2D eigenvalue weighted by Gasteiger charge is -2.07. The number of amides is 1. The first-order valence-electron chi connectivity index (χ1n) is 5.85. The number of aldehydes is 1. The van der Waals surface area contributed by atoms with Gasteiger partial charge in [0.25, 0.3) is 0 Å². The molecule has 0 aliphatic rings. The molecule has 1 aromatic carbocycles. The first-order valence-corrected chi connectivity index (χ1v) is 5.85. The second kappa shape index (κ2) is 5.95. The van der Waals surface area contributed by atoms with Gasteiger partial charge in [-0.2, -0.15) is 0 Å². The van der Waals surface area contributed by atoms with E-state index in [0.717, 1.165) is 6.29 Å². The molecule has 1 amide bonds. The van der Waals surface area contributed by atoms with Gasteiger partial charge in [-0.15, -0.1) is 0 Å². The Balaban J connectivity index is 1.88. The molecule has 0 saturated carbocycles. The summed E-state index contributed by atoms with van der Waals surface area (Å²) in [4.78, 5) is 22.4. The average molecular weight is 260 g/mol. The number of benzene rings is 1. The summed E-state index contributed by atoms with van der Waals surface area (Å²) < 4.78 is 14.4. The van der Waals surface area contributed by atoms with Crippen LogP contribution in [0, 0.1) is 5.82 Å². The monoisotopic (exact) mass is 260 g/mol. The van der Waals surface area contributed by atoms with Crippen molar-refractivity contribution in [3.63, 3.8) is 0 Å². The number of hydrogen-bond acceptors (Lipinski definition) is 2. The lowest BCUT2D eigenvalue weighted by atomic mass is 10.3. The highest BCUT2D eigenvalue weighted by Crippen LogP contribution is 2.09. The van der Waals surface area contributed by atoms with Crippen LogP contribution in [0.15, 0.2) is 42.6 Å². The predicted molar refractivity (Wildman–Crippen MR) is 69.5 cm³/mol. The van der Waals surface area contributed by atoms with E-state index in [1.54, 1.807) is 22.9 Å². The molecule has 98 valence electrons. The molecular formula is C14H13FN2O2. The van der Waals surface area contributed by atoms with Crippen LogP contribution in [0.2, 0.25) is 0 Å². The Kier molecular flexibility index (Phi) is 4.07. The summed E-state index contributed by atoms with van der Waals surface area (Å²) in [5, 5.41) is 2.66. The molecule has 0 atom stereocenters. The molecule has 0 spiro atoms. The number of aryl methyl sites for hydroxylation is 1. The van der Waals surface area contributed by atoms with Crippen LogP contribution in [0.3, 0.4) is 0 Å². The molecule has 2 rings (SSSR count). The minimum atomic E-state index is -0.346. The highest BCUT2D eigenvalue weighted by atomic mass is 19.1. The quantitative estimate of drug-likeness (QED) is 0.839. The van der Waals surface area contributed by atoms with Gasteiger partial charge in [0.1, 0.15) is 5.82 Å². The molecule has 0 fully saturated rings. The second-order valence-corrected chi connectivity index (χ2v) is 4.05. The Morgan fingerprint density at radius 1 is 1.26 bits per heavy atom. The van der Waals surface area contributed by atoms with Gasteiger partial charge in [-0.05, 0) is 36.4 Å². The summed E-state index contributed by atoms with van der Waals surface area (Å²) in [6, 6.07) is 9.00. The number of nitrogens with zero attached hydrogens (tertiary/aromatic N) is 1. The lowest BCUT2D eigenvalue weighted by Crippen LogP contribution is -2.15. The molecule has 0 saturated heterocycles. The van der Waals surface area contributed by atoms with Crippen LogP contribution in [0.25, 0.3) is 0 Å². The van der Waals surface area contributed by atoms with Crippen molar-refractivity contribution in [1.29, 1.82) is 0 Å². The summed E-state index contributed by atoms with van der Waals surface area (Å²) in [6.45, 7) is 0.425. The van der Waals surface area contributed by atoms with Crippen LogP contribution in [-0.4, -0.2) is 16.8 Å². The van der Waals surface area contributed by atoms with Crippen molar-refractivity contribution in [3.05, 3.63) is 54.1 Å². The average Bonchev–Trinajstić information content (AvgIpc) is 2.86. The Morgan fingerprint density at radius 3 is 2.68 bits per heavy atom. The van der Waals surface area contributed by atoms with Crippen molar-refractivity contribution >= 4 is 17.9 Å². The van der Waals surface area contributed by atoms with Gasteiger partial charge in [-0.1, -0.05) is 0 Å². The number of carbonyl (C=O) groups excluding carboxylic acids is 2. The Hall–Kier alpha value is -2.43. The van der Waals surface area contributed by atoms with Crippen molar-refractivity contribution < 1.29 is 14.0 Å². The fourth-order valence-corrected chi connectivity index (χ4v) is 1.72. The van der Waals surface area contributed by atoms with Crippen LogP contribution < -0.4 is 5.32 Å². The summed E-state index contributed by atoms with van der Waals surface area (Å²) in [7, 11) is 0. The molecule has 4 nitrogen and oxygen atoms in total. The molecular weight excluding hydrogens is 247 g/mol. The maximum Gasteiger partial charge on any atom is 0.226 e. The number of anilines is 1. The molecule has 1 heterocycles. The van der Waals surface area contributed by atoms with Gasteiger partial charge in [-0.25, -0.2) is 4.39 Å². The first kappa shape index (κ1) is 13.0. The molecule has 5 heteroatoms. The number of aromatic nitrogens is 1. The minimum absolute atomic E-state index is 0.183. The number of nitrogens with one attached hydrogen (secondary N) is 1. The third-order valence-electron chi connectivity index (χ3n) is 2.69. The molecule has 0 bridgehead atoms. The standard InChI is InChI=1S/C14H13FN2O2/c15-11-3-5-12(6-4-11)16-14(19)7-9-17-8-1-2-13(17)10-18/h1-6,8,10H,7,9H2,(H,16,19). The third kappa shape index (κ3) is 3.51. The van der Waals surface area contributed by atoms with E-state index in [1.165, 1.54) is 24.3 Å². The van der Waals surface area contributed by atoms with Crippen LogP contribution in [-0.2, 0) is 11.3 Å². The zero-order chi connectivity index (χ0) is 13.7. The van der Waals surface area contributed by atoms with Crippen molar-refractivity contribution in [2.24, 2.45) is 0 Å². The van der Waals surface area contributed by atoms with Crippen molar-refractivity contribution in [2.45, 2.75) is 13.0 Å². The van der Waals surface area contributed by atoms with Crippen LogP contribution in [0.4, 0.5) is 10.1 Å². The summed E-state index contributed by atoms with van der Waals surface area (Å²) in [5.41, 5.74) is 1.09. The number of hydrogen-bond donors (Lipinski definition) is 1. The topological polar surface area (TPSA) is 51.1 Å². The Bertz CT molecular complexity index is 575. The minimum Gasteiger partial charge on any atom is -0.345 e. The maximum absolute atomic E-state index is 12.7. The first-order chi connectivity index (χ1) is 9.19. The Labute approximate surface area is 109 Å². The molecule has 0 aliphatic heterocycles. The zero-order valence-electron chi connectivity index (χ0n) is 10.2. The lowest BCUT2D eigenvalue weighted by molar-refractivity contribution is -0.116. The summed E-state index contributed by atoms with van der Waals surface area (Å²) >= 11 is 0. The zero-order valence-corrected chi connectivity index (χ0v) is 10.2. The van der Waals surface area contributed by atoms with E-state index >= 15 is 0 Å². The Morgan fingerprint density at radius 2 is 2.00 bits per heavy atom. The fraction of sp³-hybridized carbons (Fsp3) is 0.143. The van der Waals surface area contributed by atoms with Crippen molar-refractivity contribution in [1.82, 2.24) is 4.57 Å². The SMILES string of the molecule is O=Cc1cccn1CCC(=O)Nc1ccc(F)cc1. The van der Waals surface area contributed by atoms with Crippen molar-refractivity contribution in [2.75, 3.05) is 5.32 Å². The van der Waals surface area contributed by atoms with Gasteiger partial charge < -0.3 is 9.88 Å². The van der Waals surface area contributed by atoms with E-state index in [4.69, 9.17) is 0 Å². The van der Waals surface area contributed by atoms with E-state index in [0.29, 0.717) is 17.9 Å². The largest absolute Gasteiger partial charge is 0.345 e. The van der Waals surface area contributed by atoms with Gasteiger partial charge in [0.2, 0.25) is 5.91 Å². The number of halogens is 1. The maximum atomic E-state index is 12.7. The fourth-order valence-electron chi connectivity index (χ4n) is 1.72. The molecule has 0 aliphatic carbocycles. The highest BCUT2D eigenvalue weighted by Gasteiger charge is 2.05. The van der Waals surface area contributed by atoms with E-state index in [-0.39, 0.29) is 18.1 Å². The normalized spacial score (nSPS) is 10.2. The summed E-state index contributed by atoms with van der Waals surface area (Å²) in [6.07, 6.45) is 2.74. The molecule has 0 radical (unpaired) electrons. The predicted octanol–water partition coefficient (Wildman–Crippen LogP) is 2.47. The molecule has 0 unspecified atom stereocenters. The molecule has 19 heavy (non-hydrogen) atoms.